The average Bonchev–Trinajstić information content (AvgIpc) is 2.91. The number of aryl methyl sites for hydroxylation is 3. The van der Waals surface area contributed by atoms with E-state index >= 15 is 0 Å². The van der Waals surface area contributed by atoms with Gasteiger partial charge in [-0.05, 0) is 37.1 Å². The highest BCUT2D eigenvalue weighted by atomic mass is 16.2. The molecule has 0 amide bonds. The molecule has 1 aromatic carbocycles. The van der Waals surface area contributed by atoms with Crippen molar-refractivity contribution in [2.24, 2.45) is 14.1 Å². The number of hydrogen-bond acceptors (Lipinski definition) is 4. The summed E-state index contributed by atoms with van der Waals surface area (Å²) in [4.78, 5) is 25.4. The summed E-state index contributed by atoms with van der Waals surface area (Å²) in [6.07, 6.45) is 0. The fourth-order valence-corrected chi connectivity index (χ4v) is 2.19. The Hall–Kier alpha value is -2.70. The highest BCUT2D eigenvalue weighted by molar-refractivity contribution is 5.68. The van der Waals surface area contributed by atoms with Crippen molar-refractivity contribution in [3.8, 4) is 5.69 Å². The molecule has 2 aromatic heterocycles. The van der Waals surface area contributed by atoms with Gasteiger partial charge in [-0.1, -0.05) is 6.07 Å². The molecule has 0 spiro atoms. The first kappa shape index (κ1) is 13.3. The Balaban J connectivity index is 2.34. The van der Waals surface area contributed by atoms with Gasteiger partial charge in [0.1, 0.15) is 0 Å². The van der Waals surface area contributed by atoms with Crippen LogP contribution < -0.4 is 11.2 Å². The third-order valence-corrected chi connectivity index (χ3v) is 3.72. The molecule has 2 heterocycles. The Labute approximate surface area is 120 Å². The molecule has 0 aliphatic heterocycles. The Morgan fingerprint density at radius 1 is 0.952 bits per heavy atom. The maximum absolute atomic E-state index is 12.1. The summed E-state index contributed by atoms with van der Waals surface area (Å²) >= 11 is 0. The minimum atomic E-state index is -0.441. The molecule has 0 N–H and O–H groups in total. The van der Waals surface area contributed by atoms with Gasteiger partial charge in [-0.25, -0.2) is 4.79 Å². The zero-order valence-electron chi connectivity index (χ0n) is 12.3. The molecule has 0 radical (unpaired) electrons. The van der Waals surface area contributed by atoms with E-state index in [2.05, 4.69) is 10.2 Å². The third-order valence-electron chi connectivity index (χ3n) is 3.72. The van der Waals surface area contributed by atoms with Crippen LogP contribution in [-0.4, -0.2) is 24.1 Å². The summed E-state index contributed by atoms with van der Waals surface area (Å²) in [5.41, 5.74) is 2.63. The lowest BCUT2D eigenvalue weighted by Crippen LogP contribution is -2.36. The van der Waals surface area contributed by atoms with Gasteiger partial charge in [-0.3, -0.25) is 13.9 Å². The molecule has 0 fully saturated rings. The molecule has 0 unspecified atom stereocenters. The summed E-state index contributed by atoms with van der Waals surface area (Å²) in [5, 5.41) is 8.50. The predicted molar refractivity (Wildman–Crippen MR) is 78.8 cm³/mol. The summed E-state index contributed by atoms with van der Waals surface area (Å²) in [5.74, 6) is 0. The largest absolute Gasteiger partial charge is 0.332 e. The number of hydrogen-bond donors (Lipinski definition) is 0. The summed E-state index contributed by atoms with van der Waals surface area (Å²) in [7, 11) is 3.00. The molecule has 0 atom stereocenters. The van der Waals surface area contributed by atoms with Gasteiger partial charge in [0, 0.05) is 14.1 Å². The van der Waals surface area contributed by atoms with Gasteiger partial charge in [0.15, 0.2) is 11.2 Å². The van der Waals surface area contributed by atoms with E-state index < -0.39 is 11.2 Å². The van der Waals surface area contributed by atoms with Crippen molar-refractivity contribution < 1.29 is 0 Å². The lowest BCUT2D eigenvalue weighted by atomic mass is 10.1. The topological polar surface area (TPSA) is 74.7 Å². The van der Waals surface area contributed by atoms with Crippen molar-refractivity contribution in [1.82, 2.24) is 24.1 Å². The maximum Gasteiger partial charge on any atom is 0.332 e. The van der Waals surface area contributed by atoms with Crippen LogP contribution in [0, 0.1) is 13.8 Å². The SMILES string of the molecule is Cc1ccc(-n2nc3c(=O)n(C)c(=O)n(C)c3n2)cc1C. The molecule has 0 saturated heterocycles. The van der Waals surface area contributed by atoms with Crippen LogP contribution in [0.25, 0.3) is 16.9 Å². The second-order valence-electron chi connectivity index (χ2n) is 5.14. The first-order chi connectivity index (χ1) is 9.90. The van der Waals surface area contributed by atoms with Crippen molar-refractivity contribution in [3.63, 3.8) is 0 Å². The second-order valence-corrected chi connectivity index (χ2v) is 5.14. The standard InChI is InChI=1S/C14H15N5O2/c1-8-5-6-10(7-9(8)2)19-15-11-12(16-19)17(3)14(21)18(4)13(11)20/h5-7H,1-4H3. The van der Waals surface area contributed by atoms with Gasteiger partial charge in [-0.2, -0.15) is 0 Å². The molecule has 108 valence electrons. The van der Waals surface area contributed by atoms with Gasteiger partial charge in [0.25, 0.3) is 5.56 Å². The molecule has 3 aromatic rings. The quantitative estimate of drug-likeness (QED) is 0.650. The lowest BCUT2D eigenvalue weighted by molar-refractivity contribution is 0.705. The number of fused-ring (bicyclic) bond motifs is 1. The minimum absolute atomic E-state index is 0.179. The van der Waals surface area contributed by atoms with Gasteiger partial charge < -0.3 is 0 Å². The van der Waals surface area contributed by atoms with E-state index in [1.807, 2.05) is 32.0 Å². The number of benzene rings is 1. The molecule has 0 saturated carbocycles. The third kappa shape index (κ3) is 1.89. The maximum atomic E-state index is 12.1. The van der Waals surface area contributed by atoms with Gasteiger partial charge in [0.05, 0.1) is 5.69 Å². The van der Waals surface area contributed by atoms with Crippen molar-refractivity contribution in [1.29, 1.82) is 0 Å². The highest BCUT2D eigenvalue weighted by Crippen LogP contribution is 2.13. The van der Waals surface area contributed by atoms with Crippen LogP contribution >= 0.6 is 0 Å². The summed E-state index contributed by atoms with van der Waals surface area (Å²) in [6.45, 7) is 4.02. The van der Waals surface area contributed by atoms with Crippen LogP contribution in [0.1, 0.15) is 11.1 Å². The zero-order chi connectivity index (χ0) is 15.3. The molecule has 0 aliphatic rings. The number of nitrogens with zero attached hydrogens (tertiary/aromatic N) is 5. The second kappa shape index (κ2) is 4.41. The fourth-order valence-electron chi connectivity index (χ4n) is 2.19. The van der Waals surface area contributed by atoms with Crippen LogP contribution in [0.5, 0.6) is 0 Å². The van der Waals surface area contributed by atoms with Crippen LogP contribution in [-0.2, 0) is 14.1 Å². The average molecular weight is 285 g/mol. The predicted octanol–water partition coefficient (Wildman–Crippen LogP) is 0.435. The number of aromatic nitrogens is 5. The minimum Gasteiger partial charge on any atom is -0.278 e. The van der Waals surface area contributed by atoms with Gasteiger partial charge in [0.2, 0.25) is 0 Å². The van der Waals surface area contributed by atoms with Crippen LogP contribution in [0.15, 0.2) is 27.8 Å². The van der Waals surface area contributed by atoms with Crippen LogP contribution in [0.3, 0.4) is 0 Å². The monoisotopic (exact) mass is 285 g/mol. The van der Waals surface area contributed by atoms with Gasteiger partial charge in [-0.15, -0.1) is 15.0 Å². The molecule has 7 heteroatoms. The first-order valence-corrected chi connectivity index (χ1v) is 6.51. The molecular weight excluding hydrogens is 270 g/mol. The van der Waals surface area contributed by atoms with E-state index in [1.165, 1.54) is 22.0 Å². The Morgan fingerprint density at radius 2 is 1.67 bits per heavy atom. The van der Waals surface area contributed by atoms with E-state index in [0.29, 0.717) is 0 Å². The fraction of sp³-hybridized carbons (Fsp3) is 0.286. The van der Waals surface area contributed by atoms with Crippen LogP contribution in [0.2, 0.25) is 0 Å². The van der Waals surface area contributed by atoms with Crippen molar-refractivity contribution in [3.05, 3.63) is 50.2 Å². The molecule has 0 aliphatic carbocycles. The molecule has 3 rings (SSSR count). The van der Waals surface area contributed by atoms with Crippen molar-refractivity contribution in [2.75, 3.05) is 0 Å². The van der Waals surface area contributed by atoms with E-state index in [9.17, 15) is 9.59 Å². The highest BCUT2D eigenvalue weighted by Gasteiger charge is 2.14. The van der Waals surface area contributed by atoms with Crippen molar-refractivity contribution in [2.45, 2.75) is 13.8 Å². The number of rotatable bonds is 1. The van der Waals surface area contributed by atoms with Gasteiger partial charge >= 0.3 is 5.69 Å². The molecule has 21 heavy (non-hydrogen) atoms. The summed E-state index contributed by atoms with van der Waals surface area (Å²) < 4.78 is 2.35. The van der Waals surface area contributed by atoms with E-state index in [4.69, 9.17) is 0 Å². The van der Waals surface area contributed by atoms with E-state index in [0.717, 1.165) is 15.8 Å². The Morgan fingerprint density at radius 3 is 2.33 bits per heavy atom. The summed E-state index contributed by atoms with van der Waals surface area (Å²) in [6, 6.07) is 5.79. The van der Waals surface area contributed by atoms with Crippen LogP contribution in [0.4, 0.5) is 0 Å². The van der Waals surface area contributed by atoms with E-state index in [-0.39, 0.29) is 11.2 Å². The first-order valence-electron chi connectivity index (χ1n) is 6.51. The Kier molecular flexibility index (Phi) is 2.79. The van der Waals surface area contributed by atoms with E-state index in [1.54, 1.807) is 7.05 Å². The molecular formula is C14H15N5O2. The zero-order valence-corrected chi connectivity index (χ0v) is 12.3. The lowest BCUT2D eigenvalue weighted by Gasteiger charge is -2.03. The Bertz CT molecular complexity index is 977. The molecule has 7 nitrogen and oxygen atoms in total. The smallest absolute Gasteiger partial charge is 0.278 e. The van der Waals surface area contributed by atoms with Crippen molar-refractivity contribution >= 4 is 11.2 Å². The normalized spacial score (nSPS) is 11.2. The molecule has 0 bridgehead atoms.